The number of aromatic nitrogens is 1. The van der Waals surface area contributed by atoms with E-state index < -0.39 is 0 Å². The molecule has 0 saturated carbocycles. The van der Waals surface area contributed by atoms with Gasteiger partial charge in [0.1, 0.15) is 0 Å². The van der Waals surface area contributed by atoms with Crippen molar-refractivity contribution in [2.24, 2.45) is 0 Å². The molecule has 0 aliphatic carbocycles. The van der Waals surface area contributed by atoms with Crippen molar-refractivity contribution in [3.63, 3.8) is 0 Å². The topological polar surface area (TPSA) is 3.88 Å². The van der Waals surface area contributed by atoms with Crippen molar-refractivity contribution in [2.75, 3.05) is 2.43 Å². The Labute approximate surface area is 155 Å². The van der Waals surface area contributed by atoms with Gasteiger partial charge in [-0.15, -0.1) is 0 Å². The number of pyridine rings is 1. The second kappa shape index (κ2) is 6.07. The van der Waals surface area contributed by atoms with Crippen LogP contribution < -0.4 is 25.8 Å². The fourth-order valence-corrected chi connectivity index (χ4v) is 6.95. The summed E-state index contributed by atoms with van der Waals surface area (Å²) in [5, 5.41) is 2.68. The minimum atomic E-state index is 0.143. The van der Waals surface area contributed by atoms with Gasteiger partial charge in [-0.3, -0.25) is 0 Å². The Hall–Kier alpha value is -0.690. The molecule has 0 amide bonds. The zero-order chi connectivity index (χ0) is 15.1. The molecule has 0 radical (unpaired) electrons. The van der Waals surface area contributed by atoms with E-state index in [9.17, 15) is 0 Å². The van der Waals surface area contributed by atoms with E-state index in [0.717, 1.165) is 13.0 Å². The molecule has 2 heterocycles. The molecule has 22 heavy (non-hydrogen) atoms. The third-order valence-corrected chi connectivity index (χ3v) is 8.58. The number of benzene rings is 2. The maximum absolute atomic E-state index is 2.52. The van der Waals surface area contributed by atoms with Crippen molar-refractivity contribution in [1.82, 2.24) is 0 Å². The predicted molar refractivity (Wildman–Crippen MR) is 95.6 cm³/mol. The van der Waals surface area contributed by atoms with Crippen LogP contribution >= 0.6 is 22.6 Å². The van der Waals surface area contributed by atoms with Crippen molar-refractivity contribution in [3.8, 4) is 11.3 Å². The summed E-state index contributed by atoms with van der Waals surface area (Å²) < 4.78 is 5.33. The van der Waals surface area contributed by atoms with E-state index in [1.54, 1.807) is 3.57 Å². The molecular weight excluding hydrogens is 496 g/mol. The van der Waals surface area contributed by atoms with Crippen molar-refractivity contribution < 1.29 is 25.8 Å². The van der Waals surface area contributed by atoms with Gasteiger partial charge >= 0.3 is 156 Å². The fraction of sp³-hybridized carbons (Fsp3) is 0.211. The van der Waals surface area contributed by atoms with Gasteiger partial charge in [-0.05, 0) is 0 Å². The van der Waals surface area contributed by atoms with Crippen LogP contribution in [0.15, 0.2) is 48.7 Å². The fourth-order valence-electron chi connectivity index (χ4n) is 3.27. The Kier molecular flexibility index (Phi) is 4.11. The summed E-state index contributed by atoms with van der Waals surface area (Å²) in [6.07, 6.45) is 3.47. The van der Waals surface area contributed by atoms with Crippen LogP contribution in [-0.4, -0.2) is 2.43 Å². The number of halogens is 2. The summed E-state index contributed by atoms with van der Waals surface area (Å²) >= 11 is 2.66. The summed E-state index contributed by atoms with van der Waals surface area (Å²) in [7, 11) is 0. The maximum atomic E-state index is 2.52. The summed E-state index contributed by atoms with van der Waals surface area (Å²) in [6.45, 7) is 3.37. The quantitative estimate of drug-likeness (QED) is 0.277. The first-order valence-corrected chi connectivity index (χ1v) is 11.6. The summed E-state index contributed by atoms with van der Waals surface area (Å²) in [4.78, 5) is 0. The Morgan fingerprint density at radius 2 is 1.95 bits per heavy atom. The minimum absolute atomic E-state index is 0.143. The Morgan fingerprint density at radius 1 is 1.14 bits per heavy atom. The number of hydrogen-bond acceptors (Lipinski definition) is 0. The zero-order valence-electron chi connectivity index (χ0n) is 12.4. The molecule has 3 heteroatoms. The molecule has 1 aliphatic heterocycles. The third kappa shape index (κ3) is 2.56. The summed E-state index contributed by atoms with van der Waals surface area (Å²) in [5.41, 5.74) is 5.87. The van der Waals surface area contributed by atoms with Crippen molar-refractivity contribution in [3.05, 3.63) is 63.4 Å². The van der Waals surface area contributed by atoms with E-state index in [2.05, 4.69) is 82.7 Å². The van der Waals surface area contributed by atoms with E-state index in [1.165, 1.54) is 35.6 Å². The van der Waals surface area contributed by atoms with Gasteiger partial charge in [0.15, 0.2) is 0 Å². The van der Waals surface area contributed by atoms with Gasteiger partial charge in [0.2, 0.25) is 0 Å². The van der Waals surface area contributed by atoms with Crippen molar-refractivity contribution in [2.45, 2.75) is 19.9 Å². The molecule has 1 aromatic heterocycles. The normalized spacial score (nSPS) is 13.2. The van der Waals surface area contributed by atoms with E-state index >= 15 is 0 Å². The second-order valence-corrected chi connectivity index (χ2v) is 12.1. The van der Waals surface area contributed by atoms with Crippen LogP contribution in [0.5, 0.6) is 0 Å². The average molecular weight is 513 g/mol. The van der Waals surface area contributed by atoms with E-state index in [4.69, 9.17) is 0 Å². The first kappa shape index (κ1) is 14.9. The van der Waals surface area contributed by atoms with E-state index in [1.807, 2.05) is 0 Å². The Bertz CT molecular complexity index is 871. The predicted octanol–water partition coefficient (Wildman–Crippen LogP) is 1.31. The number of fused-ring (bicyclic) bond motifs is 4. The average Bonchev–Trinajstić information content (AvgIpc) is 2.54. The Balaban J connectivity index is 1.95. The number of alkyl halides is 2. The first-order valence-electron chi connectivity index (χ1n) is 7.47. The van der Waals surface area contributed by atoms with Gasteiger partial charge in [-0.25, -0.2) is 0 Å². The van der Waals surface area contributed by atoms with Crippen LogP contribution in [0.2, 0.25) is 0 Å². The van der Waals surface area contributed by atoms with Gasteiger partial charge in [0.25, 0.3) is 0 Å². The van der Waals surface area contributed by atoms with Crippen molar-refractivity contribution >= 4 is 33.4 Å². The number of rotatable bonds is 2. The molecule has 0 bridgehead atoms. The molecule has 3 aromatic rings. The standard InChI is InChI=1S/C19H17I2N/c1-13-8-15-6-7-22-11-16-5-3-2-4-14(16)9-19(22)17(15)10-18(13)21-12-20/h2-5,8-11H,6-7,12H2,1H3. The van der Waals surface area contributed by atoms with Crippen LogP contribution in [0.3, 0.4) is 0 Å². The van der Waals surface area contributed by atoms with Crippen LogP contribution in [0, 0.1) is 10.5 Å². The van der Waals surface area contributed by atoms with Crippen LogP contribution in [-0.2, 0) is 13.0 Å². The molecule has 0 atom stereocenters. The van der Waals surface area contributed by atoms with Crippen molar-refractivity contribution in [1.29, 1.82) is 0 Å². The monoisotopic (exact) mass is 513 g/mol. The molecule has 0 saturated heterocycles. The number of nitrogens with zero attached hydrogens (tertiary/aromatic N) is 1. The third-order valence-electron chi connectivity index (χ3n) is 4.37. The molecule has 0 unspecified atom stereocenters. The molecule has 1 nitrogen and oxygen atoms in total. The number of hydrogen-bond donors (Lipinski definition) is 0. The van der Waals surface area contributed by atoms with Crippen LogP contribution in [0.1, 0.15) is 11.1 Å². The van der Waals surface area contributed by atoms with Crippen LogP contribution in [0.4, 0.5) is 0 Å². The molecular formula is C19H17I2N. The molecule has 0 spiro atoms. The van der Waals surface area contributed by atoms with Gasteiger partial charge in [-0.2, -0.15) is 0 Å². The van der Waals surface area contributed by atoms with Gasteiger partial charge < -0.3 is 0 Å². The molecule has 2 aromatic carbocycles. The molecule has 4 rings (SSSR count). The van der Waals surface area contributed by atoms with E-state index in [-0.39, 0.29) is 21.2 Å². The summed E-state index contributed by atoms with van der Waals surface area (Å²) in [5.74, 6) is 0. The molecule has 0 N–H and O–H groups in total. The SMILES string of the molecule is Cc1cc2c(cc1[I-]CI)-c1cc3ccccc3c[n+]1CC2. The molecule has 112 valence electrons. The number of aryl methyl sites for hydroxylation is 3. The van der Waals surface area contributed by atoms with Gasteiger partial charge in [0, 0.05) is 0 Å². The van der Waals surface area contributed by atoms with Gasteiger partial charge in [-0.1, -0.05) is 0 Å². The summed E-state index contributed by atoms with van der Waals surface area (Å²) in [6, 6.07) is 16.0. The van der Waals surface area contributed by atoms with Crippen LogP contribution in [0.25, 0.3) is 22.0 Å². The van der Waals surface area contributed by atoms with E-state index in [0.29, 0.717) is 0 Å². The molecule has 1 aliphatic rings. The Morgan fingerprint density at radius 3 is 2.77 bits per heavy atom. The van der Waals surface area contributed by atoms with Gasteiger partial charge in [0.05, 0.1) is 0 Å². The zero-order valence-corrected chi connectivity index (χ0v) is 16.8. The first-order chi connectivity index (χ1) is 10.8. The molecule has 0 fully saturated rings. The second-order valence-electron chi connectivity index (χ2n) is 5.72.